The molecule has 0 amide bonds. The average molecular weight is 517 g/mol. The monoisotopic (exact) mass is 516 g/mol. The van der Waals surface area contributed by atoms with Crippen LogP contribution in [0, 0.1) is 0 Å². The third-order valence-corrected chi connectivity index (χ3v) is 7.80. The Labute approximate surface area is 237 Å². The summed E-state index contributed by atoms with van der Waals surface area (Å²) < 4.78 is 6.47. The molecule has 0 N–H and O–H groups in total. The molecule has 1 heteroatoms. The topological polar surface area (TPSA) is 9.23 Å². The molecule has 0 aliphatic rings. The van der Waals surface area contributed by atoms with E-state index in [1.807, 2.05) is 7.11 Å². The van der Waals surface area contributed by atoms with E-state index in [-0.39, 0.29) is 0 Å². The van der Waals surface area contributed by atoms with E-state index in [4.69, 9.17) is 4.74 Å². The van der Waals surface area contributed by atoms with Crippen molar-refractivity contribution in [1.82, 2.24) is 0 Å². The maximum atomic E-state index is 6.47. The zero-order valence-electron chi connectivity index (χ0n) is 22.9. The SMILES string of the molecule is COC(C)(c1cc(-c2ccccc2)cc(-c2ccccc2)c1)c1cc(-c2ccccc2)cc(-c2ccccc2)c1. The summed E-state index contributed by atoms with van der Waals surface area (Å²) in [4.78, 5) is 0. The molecule has 0 heterocycles. The van der Waals surface area contributed by atoms with Gasteiger partial charge in [-0.25, -0.2) is 0 Å². The van der Waals surface area contributed by atoms with Crippen LogP contribution in [0.1, 0.15) is 18.1 Å². The van der Waals surface area contributed by atoms with Crippen LogP contribution < -0.4 is 0 Å². The van der Waals surface area contributed by atoms with Crippen molar-refractivity contribution in [3.05, 3.63) is 169 Å². The summed E-state index contributed by atoms with van der Waals surface area (Å²) in [6, 6.07) is 56.0. The molecule has 0 unspecified atom stereocenters. The molecule has 0 aliphatic heterocycles. The smallest absolute Gasteiger partial charge is 0.115 e. The van der Waals surface area contributed by atoms with Crippen molar-refractivity contribution in [1.29, 1.82) is 0 Å². The van der Waals surface area contributed by atoms with Crippen LogP contribution in [0.4, 0.5) is 0 Å². The highest BCUT2D eigenvalue weighted by Crippen LogP contribution is 2.41. The standard InChI is InChI=1S/C39H32O/c1-39(40-2,37-25-33(29-15-7-3-8-16-29)23-34(26-37)30-17-9-4-10-18-30)38-27-35(31-19-11-5-12-20-31)24-36(28-38)32-21-13-6-14-22-32/h3-28H,1-2H3. The van der Waals surface area contributed by atoms with Crippen molar-refractivity contribution in [2.24, 2.45) is 0 Å². The molecule has 0 aromatic heterocycles. The van der Waals surface area contributed by atoms with Crippen molar-refractivity contribution in [2.45, 2.75) is 12.5 Å². The van der Waals surface area contributed by atoms with Gasteiger partial charge in [0.15, 0.2) is 0 Å². The van der Waals surface area contributed by atoms with Gasteiger partial charge in [-0.05, 0) is 99.0 Å². The van der Waals surface area contributed by atoms with Crippen molar-refractivity contribution >= 4 is 0 Å². The minimum Gasteiger partial charge on any atom is -0.369 e. The molecule has 0 bridgehead atoms. The number of benzene rings is 6. The van der Waals surface area contributed by atoms with Gasteiger partial charge < -0.3 is 4.74 Å². The third-order valence-electron chi connectivity index (χ3n) is 7.80. The number of hydrogen-bond acceptors (Lipinski definition) is 1. The number of methoxy groups -OCH3 is 1. The molecule has 0 saturated carbocycles. The minimum absolute atomic E-state index is 0.692. The Morgan fingerprint density at radius 2 is 0.600 bits per heavy atom. The number of hydrogen-bond donors (Lipinski definition) is 0. The second-order valence-electron chi connectivity index (χ2n) is 10.3. The van der Waals surface area contributed by atoms with E-state index < -0.39 is 5.60 Å². The normalized spacial score (nSPS) is 11.3. The van der Waals surface area contributed by atoms with Gasteiger partial charge >= 0.3 is 0 Å². The molecule has 6 aromatic rings. The van der Waals surface area contributed by atoms with E-state index in [1.165, 1.54) is 44.5 Å². The molecular formula is C39H32O. The second-order valence-corrected chi connectivity index (χ2v) is 10.3. The van der Waals surface area contributed by atoms with E-state index in [9.17, 15) is 0 Å². The van der Waals surface area contributed by atoms with E-state index in [0.29, 0.717) is 0 Å². The van der Waals surface area contributed by atoms with Gasteiger partial charge in [0.1, 0.15) is 5.60 Å². The van der Waals surface area contributed by atoms with Gasteiger partial charge in [-0.2, -0.15) is 0 Å². The zero-order chi connectivity index (χ0) is 27.4. The molecule has 6 rings (SSSR count). The maximum absolute atomic E-state index is 6.47. The Balaban J connectivity index is 1.58. The van der Waals surface area contributed by atoms with Crippen LogP contribution in [0.25, 0.3) is 44.5 Å². The lowest BCUT2D eigenvalue weighted by Crippen LogP contribution is -2.26. The Hall–Kier alpha value is -4.72. The molecule has 194 valence electrons. The van der Waals surface area contributed by atoms with Gasteiger partial charge in [0.2, 0.25) is 0 Å². The van der Waals surface area contributed by atoms with Gasteiger partial charge in [-0.15, -0.1) is 0 Å². The molecule has 0 fully saturated rings. The van der Waals surface area contributed by atoms with Crippen LogP contribution >= 0.6 is 0 Å². The summed E-state index contributed by atoms with van der Waals surface area (Å²) in [5.74, 6) is 0. The first-order valence-corrected chi connectivity index (χ1v) is 13.7. The highest BCUT2D eigenvalue weighted by molar-refractivity contribution is 5.77. The molecule has 1 nitrogen and oxygen atoms in total. The lowest BCUT2D eigenvalue weighted by Gasteiger charge is -2.31. The first kappa shape index (κ1) is 25.6. The van der Waals surface area contributed by atoms with E-state index in [0.717, 1.165) is 11.1 Å². The van der Waals surface area contributed by atoms with Crippen molar-refractivity contribution < 1.29 is 4.74 Å². The summed E-state index contributed by atoms with van der Waals surface area (Å²) in [7, 11) is 1.81. The molecule has 0 saturated heterocycles. The molecular weight excluding hydrogens is 484 g/mol. The lowest BCUT2D eigenvalue weighted by atomic mass is 9.82. The molecule has 0 spiro atoms. The number of ether oxygens (including phenoxy) is 1. The highest BCUT2D eigenvalue weighted by Gasteiger charge is 2.31. The Morgan fingerprint density at radius 1 is 0.350 bits per heavy atom. The fourth-order valence-electron chi connectivity index (χ4n) is 5.40. The van der Waals surface area contributed by atoms with Crippen molar-refractivity contribution in [3.8, 4) is 44.5 Å². The fraction of sp³-hybridized carbons (Fsp3) is 0.0769. The van der Waals surface area contributed by atoms with Crippen LogP contribution in [0.5, 0.6) is 0 Å². The predicted molar refractivity (Wildman–Crippen MR) is 168 cm³/mol. The minimum atomic E-state index is -0.692. The van der Waals surface area contributed by atoms with Crippen LogP contribution in [0.3, 0.4) is 0 Å². The Bertz CT molecular complexity index is 1460. The second kappa shape index (κ2) is 11.2. The van der Waals surface area contributed by atoms with Gasteiger partial charge in [0.05, 0.1) is 0 Å². The Morgan fingerprint density at radius 3 is 0.825 bits per heavy atom. The van der Waals surface area contributed by atoms with Crippen LogP contribution in [0.2, 0.25) is 0 Å². The molecule has 40 heavy (non-hydrogen) atoms. The summed E-state index contributed by atoms with van der Waals surface area (Å²) in [5.41, 5.74) is 10.9. The lowest BCUT2D eigenvalue weighted by molar-refractivity contribution is 0.0392. The van der Waals surface area contributed by atoms with E-state index in [1.54, 1.807) is 0 Å². The summed E-state index contributed by atoms with van der Waals surface area (Å²) >= 11 is 0. The first-order valence-electron chi connectivity index (χ1n) is 13.7. The number of rotatable bonds is 7. The Kier molecular flexibility index (Phi) is 7.14. The van der Waals surface area contributed by atoms with Gasteiger partial charge in [-0.3, -0.25) is 0 Å². The highest BCUT2D eigenvalue weighted by atomic mass is 16.5. The predicted octanol–water partition coefficient (Wildman–Crippen LogP) is 10.3. The van der Waals surface area contributed by atoms with Crippen LogP contribution in [0.15, 0.2) is 158 Å². The van der Waals surface area contributed by atoms with Crippen LogP contribution in [-0.4, -0.2) is 7.11 Å². The van der Waals surface area contributed by atoms with Gasteiger partial charge in [-0.1, -0.05) is 121 Å². The average Bonchev–Trinajstić information content (AvgIpc) is 3.05. The first-order chi connectivity index (χ1) is 19.6. The maximum Gasteiger partial charge on any atom is 0.115 e. The van der Waals surface area contributed by atoms with Gasteiger partial charge in [0.25, 0.3) is 0 Å². The van der Waals surface area contributed by atoms with E-state index >= 15 is 0 Å². The van der Waals surface area contributed by atoms with Crippen molar-refractivity contribution in [2.75, 3.05) is 7.11 Å². The summed E-state index contributed by atoms with van der Waals surface area (Å²) in [5, 5.41) is 0. The molecule has 0 aliphatic carbocycles. The fourth-order valence-corrected chi connectivity index (χ4v) is 5.40. The molecule has 0 atom stereocenters. The van der Waals surface area contributed by atoms with Gasteiger partial charge in [0, 0.05) is 7.11 Å². The van der Waals surface area contributed by atoms with Crippen LogP contribution in [-0.2, 0) is 10.3 Å². The van der Waals surface area contributed by atoms with Crippen molar-refractivity contribution in [3.63, 3.8) is 0 Å². The largest absolute Gasteiger partial charge is 0.369 e. The van der Waals surface area contributed by atoms with E-state index in [2.05, 4.69) is 165 Å². The molecule has 6 aromatic carbocycles. The zero-order valence-corrected chi connectivity index (χ0v) is 22.9. The summed E-state index contributed by atoms with van der Waals surface area (Å²) in [6.07, 6.45) is 0. The quantitative estimate of drug-likeness (QED) is 0.205. The molecule has 0 radical (unpaired) electrons. The third kappa shape index (κ3) is 5.12. The summed E-state index contributed by atoms with van der Waals surface area (Å²) in [6.45, 7) is 2.19.